The Kier molecular flexibility index (Phi) is 4.83. The highest BCUT2D eigenvalue weighted by molar-refractivity contribution is 5.94. The molecule has 0 bridgehead atoms. The summed E-state index contributed by atoms with van der Waals surface area (Å²) in [5.41, 5.74) is 8.18. The van der Waals surface area contributed by atoms with Crippen LogP contribution in [0, 0.1) is 11.8 Å². The van der Waals surface area contributed by atoms with Gasteiger partial charge in [-0.15, -0.1) is 0 Å². The van der Waals surface area contributed by atoms with Gasteiger partial charge in [0.1, 0.15) is 0 Å². The van der Waals surface area contributed by atoms with E-state index in [1.807, 2.05) is 6.07 Å². The normalized spacial score (nSPS) is 20.1. The number of hydrogen-bond acceptors (Lipinski definition) is 3. The van der Waals surface area contributed by atoms with Gasteiger partial charge in [-0.25, -0.2) is 4.79 Å². The van der Waals surface area contributed by atoms with Crippen LogP contribution < -0.4 is 5.73 Å². The fourth-order valence-electron chi connectivity index (χ4n) is 2.61. The van der Waals surface area contributed by atoms with E-state index in [0.717, 1.165) is 12.8 Å². The minimum absolute atomic E-state index is 0.322. The molecule has 1 aromatic carbocycles. The lowest BCUT2D eigenvalue weighted by Gasteiger charge is -2.26. The van der Waals surface area contributed by atoms with E-state index in [4.69, 9.17) is 10.5 Å². The Balaban J connectivity index is 1.86. The first kappa shape index (κ1) is 14.6. The number of anilines is 1. The van der Waals surface area contributed by atoms with Gasteiger partial charge in [0.2, 0.25) is 0 Å². The number of nitrogen functional groups attached to an aromatic ring is 1. The molecule has 1 aromatic rings. The van der Waals surface area contributed by atoms with Crippen LogP contribution in [-0.2, 0) is 4.74 Å². The molecule has 108 valence electrons. The van der Waals surface area contributed by atoms with Crippen LogP contribution in [0.2, 0.25) is 0 Å². The maximum atomic E-state index is 12.0. The van der Waals surface area contributed by atoms with Gasteiger partial charge in [0.15, 0.2) is 0 Å². The molecule has 0 fully saturated rings. The van der Waals surface area contributed by atoms with Gasteiger partial charge in [-0.05, 0) is 50.2 Å². The molecule has 0 aliphatic heterocycles. The van der Waals surface area contributed by atoms with E-state index in [2.05, 4.69) is 19.9 Å². The van der Waals surface area contributed by atoms with Crippen LogP contribution in [0.1, 0.15) is 43.5 Å². The van der Waals surface area contributed by atoms with Gasteiger partial charge in [0.25, 0.3) is 0 Å². The molecule has 3 nitrogen and oxygen atoms in total. The van der Waals surface area contributed by atoms with Crippen molar-refractivity contribution in [3.8, 4) is 0 Å². The Morgan fingerprint density at radius 1 is 1.45 bits per heavy atom. The van der Waals surface area contributed by atoms with E-state index in [-0.39, 0.29) is 5.97 Å². The van der Waals surface area contributed by atoms with E-state index in [1.54, 1.807) is 18.2 Å². The van der Waals surface area contributed by atoms with Crippen LogP contribution >= 0.6 is 0 Å². The summed E-state index contributed by atoms with van der Waals surface area (Å²) in [5, 5.41) is 0. The second-order valence-electron chi connectivity index (χ2n) is 5.75. The molecule has 0 spiro atoms. The van der Waals surface area contributed by atoms with Gasteiger partial charge in [-0.2, -0.15) is 0 Å². The Labute approximate surface area is 120 Å². The second kappa shape index (κ2) is 6.60. The Morgan fingerprint density at radius 2 is 2.20 bits per heavy atom. The van der Waals surface area contributed by atoms with Crippen LogP contribution in [0.15, 0.2) is 35.9 Å². The van der Waals surface area contributed by atoms with Gasteiger partial charge < -0.3 is 10.5 Å². The molecule has 0 amide bonds. The Hall–Kier alpha value is -1.77. The Morgan fingerprint density at radius 3 is 2.85 bits per heavy atom. The van der Waals surface area contributed by atoms with Crippen molar-refractivity contribution in [3.05, 3.63) is 41.5 Å². The third kappa shape index (κ3) is 3.62. The van der Waals surface area contributed by atoms with E-state index >= 15 is 0 Å². The quantitative estimate of drug-likeness (QED) is 0.515. The fraction of sp³-hybridized carbons (Fsp3) is 0.471. The molecule has 0 aromatic heterocycles. The number of nitrogens with two attached hydrogens (primary N) is 1. The lowest BCUT2D eigenvalue weighted by molar-refractivity contribution is 0.0402. The molecular weight excluding hydrogens is 250 g/mol. The predicted molar refractivity (Wildman–Crippen MR) is 81.4 cm³/mol. The first-order valence-electron chi connectivity index (χ1n) is 7.25. The molecule has 2 unspecified atom stereocenters. The third-order valence-corrected chi connectivity index (χ3v) is 4.14. The van der Waals surface area contributed by atoms with Crippen molar-refractivity contribution < 1.29 is 9.53 Å². The average molecular weight is 273 g/mol. The lowest BCUT2D eigenvalue weighted by atomic mass is 9.82. The molecule has 0 radical (unpaired) electrons. The van der Waals surface area contributed by atoms with E-state index in [9.17, 15) is 4.79 Å². The zero-order valence-corrected chi connectivity index (χ0v) is 12.3. The highest BCUT2D eigenvalue weighted by Crippen LogP contribution is 2.29. The number of rotatable bonds is 4. The van der Waals surface area contributed by atoms with Crippen molar-refractivity contribution >= 4 is 11.7 Å². The van der Waals surface area contributed by atoms with E-state index < -0.39 is 0 Å². The average Bonchev–Trinajstić information content (AvgIpc) is 2.45. The van der Waals surface area contributed by atoms with E-state index in [1.165, 1.54) is 12.0 Å². The SMILES string of the molecule is CC1=CCC(C(C)COC(=O)c2ccccc2N)CC1. The highest BCUT2D eigenvalue weighted by atomic mass is 16.5. The van der Waals surface area contributed by atoms with Crippen LogP contribution in [0.25, 0.3) is 0 Å². The van der Waals surface area contributed by atoms with Gasteiger partial charge >= 0.3 is 5.97 Å². The van der Waals surface area contributed by atoms with Gasteiger partial charge in [-0.1, -0.05) is 30.7 Å². The van der Waals surface area contributed by atoms with Crippen molar-refractivity contribution in [2.75, 3.05) is 12.3 Å². The number of para-hydroxylation sites is 1. The molecular formula is C17H23NO2. The number of benzene rings is 1. The van der Waals surface area contributed by atoms with Gasteiger partial charge in [-0.3, -0.25) is 0 Å². The summed E-state index contributed by atoms with van der Waals surface area (Å²) < 4.78 is 5.41. The molecule has 2 atom stereocenters. The minimum Gasteiger partial charge on any atom is -0.462 e. The van der Waals surface area contributed by atoms with Crippen molar-refractivity contribution in [1.82, 2.24) is 0 Å². The fourth-order valence-corrected chi connectivity index (χ4v) is 2.61. The minimum atomic E-state index is -0.322. The molecule has 0 heterocycles. The van der Waals surface area contributed by atoms with Gasteiger partial charge in [0, 0.05) is 5.69 Å². The maximum Gasteiger partial charge on any atom is 0.340 e. The molecule has 1 aliphatic rings. The summed E-state index contributed by atoms with van der Waals surface area (Å²) in [4.78, 5) is 12.0. The summed E-state index contributed by atoms with van der Waals surface area (Å²) in [7, 11) is 0. The summed E-state index contributed by atoms with van der Waals surface area (Å²) in [5.74, 6) is 0.672. The third-order valence-electron chi connectivity index (χ3n) is 4.14. The number of allylic oxidation sites excluding steroid dienone is 2. The standard InChI is InChI=1S/C17H23NO2/c1-12-7-9-14(10-8-12)13(2)11-20-17(19)15-5-3-4-6-16(15)18/h3-7,13-14H,8-11,18H2,1-2H3. The van der Waals surface area contributed by atoms with Crippen LogP contribution in [0.5, 0.6) is 0 Å². The summed E-state index contributed by atoms with van der Waals surface area (Å²) >= 11 is 0. The zero-order valence-electron chi connectivity index (χ0n) is 12.3. The second-order valence-corrected chi connectivity index (χ2v) is 5.75. The number of hydrogen-bond donors (Lipinski definition) is 1. The van der Waals surface area contributed by atoms with Crippen LogP contribution in [0.3, 0.4) is 0 Å². The first-order valence-corrected chi connectivity index (χ1v) is 7.25. The van der Waals surface area contributed by atoms with Crippen LogP contribution in [-0.4, -0.2) is 12.6 Å². The number of carbonyl (C=O) groups is 1. The molecule has 1 aliphatic carbocycles. The monoisotopic (exact) mass is 273 g/mol. The van der Waals surface area contributed by atoms with Crippen molar-refractivity contribution in [2.24, 2.45) is 11.8 Å². The van der Waals surface area contributed by atoms with Crippen LogP contribution in [0.4, 0.5) is 5.69 Å². The van der Waals surface area contributed by atoms with Crippen molar-refractivity contribution in [1.29, 1.82) is 0 Å². The number of carbonyl (C=O) groups excluding carboxylic acids is 1. The Bertz CT molecular complexity index is 507. The molecule has 3 heteroatoms. The summed E-state index contributed by atoms with van der Waals surface area (Å²) in [6.45, 7) is 4.80. The van der Waals surface area contributed by atoms with E-state index in [0.29, 0.717) is 29.7 Å². The summed E-state index contributed by atoms with van der Waals surface area (Å²) in [6, 6.07) is 7.03. The van der Waals surface area contributed by atoms with Crippen molar-refractivity contribution in [2.45, 2.75) is 33.1 Å². The predicted octanol–water partition coefficient (Wildman–Crippen LogP) is 3.81. The molecule has 20 heavy (non-hydrogen) atoms. The number of esters is 1. The molecule has 2 rings (SSSR count). The molecule has 0 saturated carbocycles. The zero-order chi connectivity index (χ0) is 14.5. The lowest BCUT2D eigenvalue weighted by Crippen LogP contribution is -2.21. The molecule has 2 N–H and O–H groups in total. The van der Waals surface area contributed by atoms with Crippen molar-refractivity contribution in [3.63, 3.8) is 0 Å². The topological polar surface area (TPSA) is 52.3 Å². The first-order chi connectivity index (χ1) is 9.58. The highest BCUT2D eigenvalue weighted by Gasteiger charge is 2.21. The summed E-state index contributed by atoms with van der Waals surface area (Å²) in [6.07, 6.45) is 5.75. The smallest absolute Gasteiger partial charge is 0.340 e. The molecule has 0 saturated heterocycles. The maximum absolute atomic E-state index is 12.0. The number of ether oxygens (including phenoxy) is 1. The van der Waals surface area contributed by atoms with Gasteiger partial charge in [0.05, 0.1) is 12.2 Å². The largest absolute Gasteiger partial charge is 0.462 e.